The van der Waals surface area contributed by atoms with Crippen LogP contribution in [0, 0.1) is 5.41 Å². The van der Waals surface area contributed by atoms with Gasteiger partial charge in [-0.05, 0) is 31.0 Å². The average molecular weight is 296 g/mol. The minimum Gasteiger partial charge on any atom is -0.316 e. The molecular formula is C14H18BrNO. The zero-order chi connectivity index (χ0) is 12.3. The molecule has 1 fully saturated rings. The molecule has 0 aliphatic carbocycles. The molecule has 3 heteroatoms. The van der Waals surface area contributed by atoms with Gasteiger partial charge < -0.3 is 5.32 Å². The van der Waals surface area contributed by atoms with Gasteiger partial charge in [-0.15, -0.1) is 0 Å². The number of piperidine rings is 1. The molecule has 0 aromatic heterocycles. The number of carbonyl (C=O) groups excluding carboxylic acids is 1. The predicted octanol–water partition coefficient (Wildman–Crippen LogP) is 2.95. The van der Waals surface area contributed by atoms with Crippen LogP contribution in [0.15, 0.2) is 28.7 Å². The van der Waals surface area contributed by atoms with Crippen LogP contribution in [0.3, 0.4) is 0 Å². The molecule has 1 aliphatic rings. The Morgan fingerprint density at radius 1 is 1.47 bits per heavy atom. The van der Waals surface area contributed by atoms with Gasteiger partial charge in [0.2, 0.25) is 0 Å². The summed E-state index contributed by atoms with van der Waals surface area (Å²) in [7, 11) is 0. The average Bonchev–Trinajstić information content (AvgIpc) is 2.33. The lowest BCUT2D eigenvalue weighted by atomic mass is 9.77. The third kappa shape index (κ3) is 2.96. The first kappa shape index (κ1) is 12.8. The fourth-order valence-electron chi connectivity index (χ4n) is 2.32. The van der Waals surface area contributed by atoms with E-state index in [-0.39, 0.29) is 5.41 Å². The molecular weight excluding hydrogens is 278 g/mol. The van der Waals surface area contributed by atoms with Crippen LogP contribution in [-0.4, -0.2) is 18.9 Å². The molecule has 0 bridgehead atoms. The standard InChI is InChI=1S/C14H18BrNO/c1-14(7-4-8-16-10-14)13(17)9-11-5-2-3-6-12(11)15/h2-3,5-6,16H,4,7-10H2,1H3. The first-order chi connectivity index (χ1) is 8.12. The number of nitrogens with one attached hydrogen (secondary N) is 1. The van der Waals surface area contributed by atoms with Gasteiger partial charge in [0.15, 0.2) is 0 Å². The van der Waals surface area contributed by atoms with E-state index in [0.29, 0.717) is 12.2 Å². The molecule has 1 saturated heterocycles. The molecule has 1 N–H and O–H groups in total. The summed E-state index contributed by atoms with van der Waals surface area (Å²) < 4.78 is 1.03. The topological polar surface area (TPSA) is 29.1 Å². The molecule has 1 aromatic carbocycles. The maximum Gasteiger partial charge on any atom is 0.144 e. The second-order valence-corrected chi connectivity index (χ2v) is 5.89. The van der Waals surface area contributed by atoms with E-state index >= 15 is 0 Å². The summed E-state index contributed by atoms with van der Waals surface area (Å²) in [6.45, 7) is 3.94. The molecule has 17 heavy (non-hydrogen) atoms. The number of benzene rings is 1. The third-order valence-corrected chi connectivity index (χ3v) is 4.35. The van der Waals surface area contributed by atoms with Crippen molar-refractivity contribution in [1.82, 2.24) is 5.32 Å². The summed E-state index contributed by atoms with van der Waals surface area (Å²) in [5.41, 5.74) is 0.900. The van der Waals surface area contributed by atoms with Crippen molar-refractivity contribution in [2.75, 3.05) is 13.1 Å². The number of carbonyl (C=O) groups is 1. The monoisotopic (exact) mass is 295 g/mol. The highest BCUT2D eigenvalue weighted by Crippen LogP contribution is 2.29. The fourth-order valence-corrected chi connectivity index (χ4v) is 2.75. The van der Waals surface area contributed by atoms with E-state index in [9.17, 15) is 4.79 Å². The smallest absolute Gasteiger partial charge is 0.144 e. The van der Waals surface area contributed by atoms with Crippen LogP contribution in [-0.2, 0) is 11.2 Å². The number of hydrogen-bond acceptors (Lipinski definition) is 2. The molecule has 2 rings (SSSR count). The van der Waals surface area contributed by atoms with Gasteiger partial charge in [0.05, 0.1) is 0 Å². The van der Waals surface area contributed by atoms with Crippen molar-refractivity contribution in [3.05, 3.63) is 34.3 Å². The zero-order valence-corrected chi connectivity index (χ0v) is 11.7. The van der Waals surface area contributed by atoms with E-state index < -0.39 is 0 Å². The van der Waals surface area contributed by atoms with Crippen LogP contribution >= 0.6 is 15.9 Å². The highest BCUT2D eigenvalue weighted by Gasteiger charge is 2.34. The lowest BCUT2D eigenvalue weighted by Crippen LogP contribution is -2.44. The second kappa shape index (κ2) is 5.32. The molecule has 2 nitrogen and oxygen atoms in total. The number of ketones is 1. The van der Waals surface area contributed by atoms with Gasteiger partial charge >= 0.3 is 0 Å². The molecule has 1 aliphatic heterocycles. The Balaban J connectivity index is 2.08. The molecule has 0 amide bonds. The van der Waals surface area contributed by atoms with Crippen molar-refractivity contribution in [3.63, 3.8) is 0 Å². The first-order valence-corrected chi connectivity index (χ1v) is 6.88. The van der Waals surface area contributed by atoms with E-state index in [0.717, 1.165) is 36.0 Å². The van der Waals surface area contributed by atoms with Crippen LogP contribution < -0.4 is 5.32 Å². The first-order valence-electron chi connectivity index (χ1n) is 6.09. The summed E-state index contributed by atoms with van der Waals surface area (Å²) in [5, 5.41) is 3.32. The maximum absolute atomic E-state index is 12.4. The summed E-state index contributed by atoms with van der Waals surface area (Å²) >= 11 is 3.50. The minimum absolute atomic E-state index is 0.187. The molecule has 1 aromatic rings. The van der Waals surface area contributed by atoms with Crippen molar-refractivity contribution in [2.24, 2.45) is 5.41 Å². The Bertz CT molecular complexity index is 410. The van der Waals surface area contributed by atoms with E-state index in [1.54, 1.807) is 0 Å². The second-order valence-electron chi connectivity index (χ2n) is 5.03. The van der Waals surface area contributed by atoms with Crippen LogP contribution in [0.4, 0.5) is 0 Å². The van der Waals surface area contributed by atoms with E-state index in [4.69, 9.17) is 0 Å². The highest BCUT2D eigenvalue weighted by molar-refractivity contribution is 9.10. The molecule has 92 valence electrons. The van der Waals surface area contributed by atoms with E-state index in [1.807, 2.05) is 24.3 Å². The summed E-state index contributed by atoms with van der Waals surface area (Å²) in [6.07, 6.45) is 2.63. The van der Waals surface area contributed by atoms with Crippen molar-refractivity contribution < 1.29 is 4.79 Å². The van der Waals surface area contributed by atoms with Crippen molar-refractivity contribution >= 4 is 21.7 Å². The fraction of sp³-hybridized carbons (Fsp3) is 0.500. The largest absolute Gasteiger partial charge is 0.316 e. The maximum atomic E-state index is 12.4. The summed E-state index contributed by atoms with van der Waals surface area (Å²) in [4.78, 5) is 12.4. The summed E-state index contributed by atoms with van der Waals surface area (Å²) in [5.74, 6) is 0.344. The predicted molar refractivity (Wildman–Crippen MR) is 73.1 cm³/mol. The molecule has 0 spiro atoms. The number of rotatable bonds is 3. The lowest BCUT2D eigenvalue weighted by molar-refractivity contribution is -0.128. The van der Waals surface area contributed by atoms with Gasteiger partial charge in [0.1, 0.15) is 5.78 Å². The van der Waals surface area contributed by atoms with E-state index in [1.165, 1.54) is 0 Å². The van der Waals surface area contributed by atoms with Crippen LogP contribution in [0.2, 0.25) is 0 Å². The molecule has 1 heterocycles. The Kier molecular flexibility index (Phi) is 4.00. The van der Waals surface area contributed by atoms with E-state index in [2.05, 4.69) is 28.2 Å². The lowest BCUT2D eigenvalue weighted by Gasteiger charge is -2.32. The Morgan fingerprint density at radius 2 is 2.24 bits per heavy atom. The number of hydrogen-bond donors (Lipinski definition) is 1. The highest BCUT2D eigenvalue weighted by atomic mass is 79.9. The zero-order valence-electron chi connectivity index (χ0n) is 10.1. The van der Waals surface area contributed by atoms with Gasteiger partial charge in [-0.3, -0.25) is 4.79 Å². The molecule has 0 radical (unpaired) electrons. The third-order valence-electron chi connectivity index (χ3n) is 3.58. The summed E-state index contributed by atoms with van der Waals surface area (Å²) in [6, 6.07) is 7.96. The van der Waals surface area contributed by atoms with Crippen LogP contribution in [0.25, 0.3) is 0 Å². The minimum atomic E-state index is -0.187. The van der Waals surface area contributed by atoms with Crippen molar-refractivity contribution in [1.29, 1.82) is 0 Å². The Labute approximate surface area is 111 Å². The van der Waals surface area contributed by atoms with Gasteiger partial charge in [-0.2, -0.15) is 0 Å². The molecule has 1 atom stereocenters. The number of halogens is 1. The SMILES string of the molecule is CC1(C(=O)Cc2ccccc2Br)CCCNC1. The Morgan fingerprint density at radius 3 is 2.88 bits per heavy atom. The van der Waals surface area contributed by atoms with Gasteiger partial charge in [0, 0.05) is 22.9 Å². The van der Waals surface area contributed by atoms with Crippen LogP contribution in [0.1, 0.15) is 25.3 Å². The van der Waals surface area contributed by atoms with Gasteiger partial charge in [-0.1, -0.05) is 41.1 Å². The van der Waals surface area contributed by atoms with Crippen molar-refractivity contribution in [2.45, 2.75) is 26.2 Å². The molecule has 0 saturated carbocycles. The Hall–Kier alpha value is -0.670. The normalized spacial score (nSPS) is 24.6. The van der Waals surface area contributed by atoms with Gasteiger partial charge in [0.25, 0.3) is 0 Å². The van der Waals surface area contributed by atoms with Gasteiger partial charge in [-0.25, -0.2) is 0 Å². The van der Waals surface area contributed by atoms with Crippen LogP contribution in [0.5, 0.6) is 0 Å². The number of Topliss-reactive ketones (excluding diaryl/α,β-unsaturated/α-hetero) is 1. The quantitative estimate of drug-likeness (QED) is 0.929. The van der Waals surface area contributed by atoms with Crippen molar-refractivity contribution in [3.8, 4) is 0 Å². The molecule has 1 unspecified atom stereocenters.